The summed E-state index contributed by atoms with van der Waals surface area (Å²) in [6.45, 7) is 6.94. The van der Waals surface area contributed by atoms with Crippen molar-refractivity contribution in [2.24, 2.45) is 5.92 Å². The molecule has 0 bridgehead atoms. The summed E-state index contributed by atoms with van der Waals surface area (Å²) in [6, 6.07) is 13.7. The average Bonchev–Trinajstić information content (AvgIpc) is 3.27. The summed E-state index contributed by atoms with van der Waals surface area (Å²) in [6.07, 6.45) is 0.216. The number of carbonyl (C=O) groups excluding carboxylic acids is 2. The zero-order valence-corrected chi connectivity index (χ0v) is 16.9. The number of amides is 2. The van der Waals surface area contributed by atoms with E-state index >= 15 is 0 Å². The van der Waals surface area contributed by atoms with Gasteiger partial charge in [-0.05, 0) is 35.2 Å². The number of oxazole rings is 1. The Morgan fingerprint density at radius 3 is 2.72 bits per heavy atom. The number of rotatable bonds is 5. The number of benzene rings is 2. The van der Waals surface area contributed by atoms with Gasteiger partial charge in [-0.2, -0.15) is 0 Å². The van der Waals surface area contributed by atoms with Gasteiger partial charge < -0.3 is 14.6 Å². The van der Waals surface area contributed by atoms with Crippen LogP contribution in [0.1, 0.15) is 43.2 Å². The lowest BCUT2D eigenvalue weighted by Crippen LogP contribution is -2.32. The van der Waals surface area contributed by atoms with Crippen molar-refractivity contribution >= 4 is 28.6 Å². The molecule has 6 nitrogen and oxygen atoms in total. The van der Waals surface area contributed by atoms with Crippen LogP contribution in [0.25, 0.3) is 11.1 Å². The van der Waals surface area contributed by atoms with Crippen LogP contribution in [-0.4, -0.2) is 23.3 Å². The molecule has 2 amide bonds. The normalized spacial score (nSPS) is 16.8. The molecule has 0 spiro atoms. The van der Waals surface area contributed by atoms with Crippen molar-refractivity contribution in [1.82, 2.24) is 10.3 Å². The van der Waals surface area contributed by atoms with Crippen molar-refractivity contribution in [1.29, 1.82) is 0 Å². The van der Waals surface area contributed by atoms with Crippen molar-refractivity contribution in [3.63, 3.8) is 0 Å². The maximum Gasteiger partial charge on any atom is 0.227 e. The van der Waals surface area contributed by atoms with Gasteiger partial charge in [0.15, 0.2) is 11.5 Å². The first-order valence-electron chi connectivity index (χ1n) is 9.95. The van der Waals surface area contributed by atoms with Crippen LogP contribution in [0.4, 0.5) is 5.69 Å². The summed E-state index contributed by atoms with van der Waals surface area (Å²) in [5.41, 5.74) is 4.48. The van der Waals surface area contributed by atoms with Crippen LogP contribution in [0.15, 0.2) is 46.9 Å². The molecule has 0 saturated carbocycles. The Bertz CT molecular complexity index is 1050. The summed E-state index contributed by atoms with van der Waals surface area (Å²) < 4.78 is 5.49. The lowest BCUT2D eigenvalue weighted by molar-refractivity contribution is -0.126. The SMILES string of the molecule is Cc1nc2cc(N3C[C@H](C(=O)NCc4ccc(C(C)C)cc4)CC3=O)ccc2o1. The molecule has 0 aliphatic carbocycles. The van der Waals surface area contributed by atoms with Gasteiger partial charge >= 0.3 is 0 Å². The van der Waals surface area contributed by atoms with E-state index in [0.29, 0.717) is 36.0 Å². The van der Waals surface area contributed by atoms with Crippen LogP contribution < -0.4 is 10.2 Å². The molecule has 6 heteroatoms. The first-order chi connectivity index (χ1) is 13.9. The molecule has 1 fully saturated rings. The van der Waals surface area contributed by atoms with Crippen LogP contribution in [-0.2, 0) is 16.1 Å². The first-order valence-corrected chi connectivity index (χ1v) is 9.95. The summed E-state index contributed by atoms with van der Waals surface area (Å²) in [4.78, 5) is 31.1. The number of aromatic nitrogens is 1. The topological polar surface area (TPSA) is 75.4 Å². The molecule has 4 rings (SSSR count). The number of aryl methyl sites for hydroxylation is 1. The summed E-state index contributed by atoms with van der Waals surface area (Å²) in [5.74, 6) is 0.573. The zero-order chi connectivity index (χ0) is 20.5. The fourth-order valence-corrected chi connectivity index (χ4v) is 3.69. The van der Waals surface area contributed by atoms with E-state index in [1.165, 1.54) is 5.56 Å². The summed E-state index contributed by atoms with van der Waals surface area (Å²) >= 11 is 0. The molecule has 1 aromatic heterocycles. The van der Waals surface area contributed by atoms with E-state index in [0.717, 1.165) is 11.3 Å². The minimum Gasteiger partial charge on any atom is -0.441 e. The van der Waals surface area contributed by atoms with Gasteiger partial charge in [0.2, 0.25) is 11.8 Å². The van der Waals surface area contributed by atoms with Crippen molar-refractivity contribution in [2.75, 3.05) is 11.4 Å². The molecule has 2 aromatic carbocycles. The third kappa shape index (κ3) is 4.01. The number of fused-ring (bicyclic) bond motifs is 1. The summed E-state index contributed by atoms with van der Waals surface area (Å²) in [7, 11) is 0. The molecule has 0 radical (unpaired) electrons. The Labute approximate surface area is 169 Å². The number of hydrogen-bond donors (Lipinski definition) is 1. The van der Waals surface area contributed by atoms with Crippen LogP contribution in [0.3, 0.4) is 0 Å². The predicted octanol–water partition coefficient (Wildman–Crippen LogP) is 3.93. The van der Waals surface area contributed by atoms with E-state index < -0.39 is 0 Å². The maximum absolute atomic E-state index is 12.6. The Balaban J connectivity index is 1.39. The third-order valence-electron chi connectivity index (χ3n) is 5.40. The lowest BCUT2D eigenvalue weighted by atomic mass is 10.0. The van der Waals surface area contributed by atoms with Crippen molar-refractivity contribution in [3.05, 3.63) is 59.5 Å². The van der Waals surface area contributed by atoms with Gasteiger partial charge in [-0.25, -0.2) is 4.98 Å². The van der Waals surface area contributed by atoms with Crippen LogP contribution >= 0.6 is 0 Å². The molecule has 2 heterocycles. The minimum atomic E-state index is -0.354. The van der Waals surface area contributed by atoms with E-state index in [4.69, 9.17) is 4.42 Å². The van der Waals surface area contributed by atoms with Crippen molar-refractivity contribution < 1.29 is 14.0 Å². The highest BCUT2D eigenvalue weighted by Crippen LogP contribution is 2.28. The highest BCUT2D eigenvalue weighted by Gasteiger charge is 2.35. The predicted molar refractivity (Wildman–Crippen MR) is 112 cm³/mol. The maximum atomic E-state index is 12.6. The highest BCUT2D eigenvalue weighted by atomic mass is 16.3. The smallest absolute Gasteiger partial charge is 0.227 e. The number of nitrogens with zero attached hydrogens (tertiary/aromatic N) is 2. The number of hydrogen-bond acceptors (Lipinski definition) is 4. The Kier molecular flexibility index (Phi) is 5.09. The Morgan fingerprint density at radius 1 is 1.24 bits per heavy atom. The van der Waals surface area contributed by atoms with E-state index in [2.05, 4.69) is 36.3 Å². The summed E-state index contributed by atoms with van der Waals surface area (Å²) in [5, 5.41) is 2.97. The van der Waals surface area contributed by atoms with Gasteiger partial charge in [0, 0.05) is 32.1 Å². The quantitative estimate of drug-likeness (QED) is 0.715. The van der Waals surface area contributed by atoms with E-state index in [1.54, 1.807) is 11.8 Å². The minimum absolute atomic E-state index is 0.0500. The van der Waals surface area contributed by atoms with Gasteiger partial charge in [-0.3, -0.25) is 9.59 Å². The number of nitrogens with one attached hydrogen (secondary N) is 1. The van der Waals surface area contributed by atoms with E-state index in [1.807, 2.05) is 30.3 Å². The fourth-order valence-electron chi connectivity index (χ4n) is 3.69. The van der Waals surface area contributed by atoms with Crippen molar-refractivity contribution in [3.8, 4) is 0 Å². The number of carbonyl (C=O) groups is 2. The van der Waals surface area contributed by atoms with Gasteiger partial charge in [0.25, 0.3) is 0 Å². The molecular weight excluding hydrogens is 366 g/mol. The first kappa shape index (κ1) is 19.2. The second-order valence-corrected chi connectivity index (χ2v) is 7.90. The van der Waals surface area contributed by atoms with E-state index in [9.17, 15) is 9.59 Å². The molecule has 1 N–H and O–H groups in total. The Morgan fingerprint density at radius 2 is 2.00 bits per heavy atom. The van der Waals surface area contributed by atoms with Crippen molar-refractivity contribution in [2.45, 2.75) is 39.7 Å². The van der Waals surface area contributed by atoms with Gasteiger partial charge in [0.1, 0.15) is 5.52 Å². The lowest BCUT2D eigenvalue weighted by Gasteiger charge is -2.16. The molecule has 1 aliphatic rings. The molecule has 1 saturated heterocycles. The van der Waals surface area contributed by atoms with Crippen LogP contribution in [0.2, 0.25) is 0 Å². The molecule has 150 valence electrons. The van der Waals surface area contributed by atoms with Gasteiger partial charge in [-0.15, -0.1) is 0 Å². The second kappa shape index (κ2) is 7.70. The van der Waals surface area contributed by atoms with Crippen LogP contribution in [0, 0.1) is 12.8 Å². The molecule has 0 unspecified atom stereocenters. The highest BCUT2D eigenvalue weighted by molar-refractivity contribution is 6.01. The van der Waals surface area contributed by atoms with Gasteiger partial charge in [0.05, 0.1) is 5.92 Å². The molecule has 1 atom stereocenters. The molecule has 29 heavy (non-hydrogen) atoms. The molecule has 1 aliphatic heterocycles. The standard InChI is InChI=1S/C23H25N3O3/c1-14(2)17-6-4-16(5-7-17)12-24-23(28)18-10-22(27)26(13-18)19-8-9-21-20(11-19)25-15(3)29-21/h4-9,11,14,18H,10,12-13H2,1-3H3,(H,24,28)/t18-/m1/s1. The van der Waals surface area contributed by atoms with E-state index in [-0.39, 0.29) is 24.2 Å². The van der Waals surface area contributed by atoms with Gasteiger partial charge in [-0.1, -0.05) is 38.1 Å². The average molecular weight is 391 g/mol. The molecular formula is C23H25N3O3. The molecule has 3 aromatic rings. The second-order valence-electron chi connectivity index (χ2n) is 7.90. The zero-order valence-electron chi connectivity index (χ0n) is 16.9. The fraction of sp³-hybridized carbons (Fsp3) is 0.348. The Hall–Kier alpha value is -3.15. The third-order valence-corrected chi connectivity index (χ3v) is 5.40. The number of anilines is 1. The van der Waals surface area contributed by atoms with Crippen LogP contribution in [0.5, 0.6) is 0 Å². The largest absolute Gasteiger partial charge is 0.441 e. The monoisotopic (exact) mass is 391 g/mol.